The summed E-state index contributed by atoms with van der Waals surface area (Å²) >= 11 is 0. The smallest absolute Gasteiger partial charge is 0.219 e. The van der Waals surface area contributed by atoms with Gasteiger partial charge < -0.3 is 10.5 Å². The molecule has 2 aromatic rings. The molecule has 0 spiro atoms. The van der Waals surface area contributed by atoms with E-state index in [2.05, 4.69) is 14.9 Å². The summed E-state index contributed by atoms with van der Waals surface area (Å²) in [6.45, 7) is 3.91. The van der Waals surface area contributed by atoms with Gasteiger partial charge in [0.15, 0.2) is 5.82 Å². The lowest BCUT2D eigenvalue weighted by molar-refractivity contribution is 0.232. The van der Waals surface area contributed by atoms with Crippen LogP contribution in [0.15, 0.2) is 36.4 Å². The number of ether oxygens (including phenoxy) is 1. The number of benzene rings is 1. The van der Waals surface area contributed by atoms with Gasteiger partial charge in [0, 0.05) is 18.2 Å². The van der Waals surface area contributed by atoms with E-state index in [0.29, 0.717) is 24.1 Å². The Kier molecular flexibility index (Phi) is 4.31. The van der Waals surface area contributed by atoms with Crippen LogP contribution in [0.2, 0.25) is 0 Å². The number of nitrogens with zero attached hydrogens (tertiary/aromatic N) is 3. The number of likely N-dealkylation sites (tertiary alicyclic amines) is 1. The third-order valence-corrected chi connectivity index (χ3v) is 3.61. The lowest BCUT2D eigenvalue weighted by Crippen LogP contribution is -2.25. The number of nitrogens with two attached hydrogens (primary N) is 1. The zero-order valence-corrected chi connectivity index (χ0v) is 12.0. The van der Waals surface area contributed by atoms with Crippen LogP contribution < -0.4 is 10.5 Å². The predicted molar refractivity (Wildman–Crippen MR) is 83.0 cm³/mol. The summed E-state index contributed by atoms with van der Waals surface area (Å²) in [5, 5.41) is 0. The minimum atomic E-state index is 0.431. The minimum absolute atomic E-state index is 0.431. The van der Waals surface area contributed by atoms with Gasteiger partial charge in [-0.25, -0.2) is 4.98 Å². The Balaban J connectivity index is 1.66. The zero-order valence-electron chi connectivity index (χ0n) is 12.0. The van der Waals surface area contributed by atoms with E-state index in [9.17, 15) is 0 Å². The molecule has 5 heteroatoms. The number of rotatable bonds is 5. The molecular formula is C16H20N4O. The van der Waals surface area contributed by atoms with Gasteiger partial charge in [0.05, 0.1) is 0 Å². The van der Waals surface area contributed by atoms with Crippen molar-refractivity contribution >= 4 is 5.82 Å². The van der Waals surface area contributed by atoms with Crippen LogP contribution in [-0.2, 0) is 0 Å². The van der Waals surface area contributed by atoms with Crippen LogP contribution >= 0.6 is 0 Å². The molecule has 1 aromatic heterocycles. The molecule has 2 N–H and O–H groups in total. The van der Waals surface area contributed by atoms with Crippen LogP contribution in [0.4, 0.5) is 5.82 Å². The summed E-state index contributed by atoms with van der Waals surface area (Å²) < 4.78 is 5.74. The number of hydrogen-bond donors (Lipinski definition) is 1. The van der Waals surface area contributed by atoms with Crippen LogP contribution in [0.3, 0.4) is 0 Å². The molecule has 0 bridgehead atoms. The van der Waals surface area contributed by atoms with Gasteiger partial charge >= 0.3 is 0 Å². The maximum absolute atomic E-state index is 5.85. The Bertz CT molecular complexity index is 582. The molecule has 21 heavy (non-hydrogen) atoms. The molecule has 0 saturated carbocycles. The second kappa shape index (κ2) is 6.54. The molecule has 5 nitrogen and oxygen atoms in total. The van der Waals surface area contributed by atoms with Crippen molar-refractivity contribution in [2.24, 2.45) is 0 Å². The Morgan fingerprint density at radius 1 is 1.10 bits per heavy atom. The average Bonchev–Trinajstić information content (AvgIpc) is 3.01. The zero-order chi connectivity index (χ0) is 14.5. The number of nitrogen functional groups attached to an aromatic ring is 1. The number of hydrogen-bond acceptors (Lipinski definition) is 5. The molecule has 110 valence electrons. The molecule has 1 aliphatic rings. The van der Waals surface area contributed by atoms with Crippen molar-refractivity contribution in [3.05, 3.63) is 36.4 Å². The van der Waals surface area contributed by atoms with E-state index in [1.165, 1.54) is 25.9 Å². The number of aromatic nitrogens is 2. The Labute approximate surface area is 124 Å². The van der Waals surface area contributed by atoms with Crippen LogP contribution in [0.25, 0.3) is 11.4 Å². The standard InChI is InChI=1S/C16H20N4O/c17-14-12-15(21-11-10-20-8-4-5-9-20)19-16(18-14)13-6-2-1-3-7-13/h1-3,6-7,12H,4-5,8-11H2,(H2,17,18,19). The summed E-state index contributed by atoms with van der Waals surface area (Å²) in [7, 11) is 0. The largest absolute Gasteiger partial charge is 0.476 e. The van der Waals surface area contributed by atoms with Gasteiger partial charge in [-0.2, -0.15) is 4.98 Å². The van der Waals surface area contributed by atoms with Crippen molar-refractivity contribution in [1.82, 2.24) is 14.9 Å². The molecule has 3 rings (SSSR count). The van der Waals surface area contributed by atoms with E-state index in [0.717, 1.165) is 12.1 Å². The maximum atomic E-state index is 5.85. The van der Waals surface area contributed by atoms with Gasteiger partial charge in [0.25, 0.3) is 0 Å². The normalized spacial score (nSPS) is 15.2. The summed E-state index contributed by atoms with van der Waals surface area (Å²) in [4.78, 5) is 11.1. The summed E-state index contributed by atoms with van der Waals surface area (Å²) in [6, 6.07) is 11.5. The fourth-order valence-corrected chi connectivity index (χ4v) is 2.52. The fraction of sp³-hybridized carbons (Fsp3) is 0.375. The molecule has 1 aromatic carbocycles. The molecule has 2 heterocycles. The van der Waals surface area contributed by atoms with Crippen molar-refractivity contribution in [1.29, 1.82) is 0 Å². The van der Waals surface area contributed by atoms with E-state index in [1.54, 1.807) is 6.07 Å². The van der Waals surface area contributed by atoms with Crippen molar-refractivity contribution in [2.75, 3.05) is 32.0 Å². The third kappa shape index (κ3) is 3.70. The second-order valence-corrected chi connectivity index (χ2v) is 5.22. The first-order valence-corrected chi connectivity index (χ1v) is 7.36. The number of anilines is 1. The molecular weight excluding hydrogens is 264 g/mol. The van der Waals surface area contributed by atoms with E-state index in [1.807, 2.05) is 30.3 Å². The van der Waals surface area contributed by atoms with Gasteiger partial charge in [0.2, 0.25) is 5.88 Å². The lowest BCUT2D eigenvalue weighted by Gasteiger charge is -2.14. The Morgan fingerprint density at radius 3 is 2.62 bits per heavy atom. The molecule has 0 radical (unpaired) electrons. The average molecular weight is 284 g/mol. The monoisotopic (exact) mass is 284 g/mol. The van der Waals surface area contributed by atoms with Gasteiger partial charge in [0.1, 0.15) is 12.4 Å². The summed E-state index contributed by atoms with van der Waals surface area (Å²) in [6.07, 6.45) is 2.58. The van der Waals surface area contributed by atoms with Crippen LogP contribution in [0.1, 0.15) is 12.8 Å². The van der Waals surface area contributed by atoms with Crippen molar-refractivity contribution in [3.8, 4) is 17.3 Å². The molecule has 1 fully saturated rings. The summed E-state index contributed by atoms with van der Waals surface area (Å²) in [5.41, 5.74) is 6.79. The van der Waals surface area contributed by atoms with E-state index < -0.39 is 0 Å². The van der Waals surface area contributed by atoms with Crippen molar-refractivity contribution in [3.63, 3.8) is 0 Å². The fourth-order valence-electron chi connectivity index (χ4n) is 2.52. The SMILES string of the molecule is Nc1cc(OCCN2CCCC2)nc(-c2ccccc2)n1. The van der Waals surface area contributed by atoms with Gasteiger partial charge in [-0.05, 0) is 25.9 Å². The molecule has 1 aliphatic heterocycles. The van der Waals surface area contributed by atoms with Crippen molar-refractivity contribution in [2.45, 2.75) is 12.8 Å². The molecule has 1 saturated heterocycles. The Hall–Kier alpha value is -2.14. The first kappa shape index (κ1) is 13.8. The van der Waals surface area contributed by atoms with Gasteiger partial charge in [-0.15, -0.1) is 0 Å². The highest BCUT2D eigenvalue weighted by atomic mass is 16.5. The van der Waals surface area contributed by atoms with E-state index >= 15 is 0 Å². The molecule has 0 amide bonds. The third-order valence-electron chi connectivity index (χ3n) is 3.61. The van der Waals surface area contributed by atoms with E-state index in [-0.39, 0.29) is 0 Å². The lowest BCUT2D eigenvalue weighted by atomic mass is 10.2. The first-order valence-electron chi connectivity index (χ1n) is 7.36. The Morgan fingerprint density at radius 2 is 1.86 bits per heavy atom. The first-order chi connectivity index (χ1) is 10.3. The van der Waals surface area contributed by atoms with Gasteiger partial charge in [-0.1, -0.05) is 30.3 Å². The quantitative estimate of drug-likeness (QED) is 0.912. The van der Waals surface area contributed by atoms with Crippen molar-refractivity contribution < 1.29 is 4.74 Å². The molecule has 0 unspecified atom stereocenters. The van der Waals surface area contributed by atoms with Crippen LogP contribution in [0, 0.1) is 0 Å². The van der Waals surface area contributed by atoms with Gasteiger partial charge in [-0.3, -0.25) is 4.90 Å². The highest BCUT2D eigenvalue weighted by Gasteiger charge is 2.11. The predicted octanol–water partition coefficient (Wildman–Crippen LogP) is 2.20. The second-order valence-electron chi connectivity index (χ2n) is 5.22. The maximum Gasteiger partial charge on any atom is 0.219 e. The molecule has 0 atom stereocenters. The highest BCUT2D eigenvalue weighted by molar-refractivity contribution is 5.57. The summed E-state index contributed by atoms with van der Waals surface area (Å²) in [5.74, 6) is 1.58. The van der Waals surface area contributed by atoms with Crippen LogP contribution in [-0.4, -0.2) is 41.1 Å². The highest BCUT2D eigenvalue weighted by Crippen LogP contribution is 2.19. The molecule has 0 aliphatic carbocycles. The minimum Gasteiger partial charge on any atom is -0.476 e. The van der Waals surface area contributed by atoms with E-state index in [4.69, 9.17) is 10.5 Å². The topological polar surface area (TPSA) is 64.3 Å². The van der Waals surface area contributed by atoms with Crippen LogP contribution in [0.5, 0.6) is 5.88 Å².